The molecule has 0 aliphatic heterocycles. The Morgan fingerprint density at radius 2 is 1.15 bits per heavy atom. The monoisotopic (exact) mass is 458 g/mol. The molecular weight excluding hydrogens is 424 g/mol. The molecule has 2 unspecified atom stereocenters. The fraction of sp³-hybridized carbons (Fsp3) is 0.462. The van der Waals surface area contributed by atoms with Crippen molar-refractivity contribution in [3.63, 3.8) is 0 Å². The molecule has 0 aliphatic rings. The summed E-state index contributed by atoms with van der Waals surface area (Å²) in [7, 11) is 5.86. The lowest BCUT2D eigenvalue weighted by Gasteiger charge is -2.29. The number of ether oxygens (including phenoxy) is 5. The number of Topliss-reactive ketones (excluding diaryl/α,β-unsaturated/α-hetero) is 1. The van der Waals surface area contributed by atoms with E-state index in [1.54, 1.807) is 36.4 Å². The number of carbonyl (C=O) groups is 2. The average Bonchev–Trinajstić information content (AvgIpc) is 2.79. The average molecular weight is 459 g/mol. The van der Waals surface area contributed by atoms with Crippen molar-refractivity contribution in [2.24, 2.45) is 11.3 Å². The number of methoxy groups -OCH3 is 4. The van der Waals surface area contributed by atoms with E-state index in [9.17, 15) is 9.59 Å². The third-order valence-electron chi connectivity index (χ3n) is 5.25. The van der Waals surface area contributed by atoms with Crippen molar-refractivity contribution in [1.82, 2.24) is 0 Å². The van der Waals surface area contributed by atoms with Crippen molar-refractivity contribution in [3.8, 4) is 23.0 Å². The third kappa shape index (κ3) is 6.18. The molecule has 7 heteroatoms. The van der Waals surface area contributed by atoms with Crippen molar-refractivity contribution in [3.05, 3.63) is 47.5 Å². The molecule has 0 spiro atoms. The highest BCUT2D eigenvalue weighted by molar-refractivity contribution is 6.06. The molecule has 0 N–H and O–H groups in total. The lowest BCUT2D eigenvalue weighted by atomic mass is 9.81. The number of benzene rings is 2. The van der Waals surface area contributed by atoms with Crippen LogP contribution in [0.15, 0.2) is 36.4 Å². The highest BCUT2D eigenvalue weighted by Gasteiger charge is 2.36. The predicted molar refractivity (Wildman–Crippen MR) is 126 cm³/mol. The van der Waals surface area contributed by atoms with Crippen LogP contribution in [0, 0.1) is 11.3 Å². The minimum atomic E-state index is -1.09. The van der Waals surface area contributed by atoms with Crippen molar-refractivity contribution in [2.45, 2.75) is 40.2 Å². The van der Waals surface area contributed by atoms with E-state index in [4.69, 9.17) is 23.7 Å². The van der Waals surface area contributed by atoms with Gasteiger partial charge in [-0.25, -0.2) is 4.79 Å². The highest BCUT2D eigenvalue weighted by Crippen LogP contribution is 2.36. The number of hydrogen-bond donors (Lipinski definition) is 0. The summed E-state index contributed by atoms with van der Waals surface area (Å²) in [4.78, 5) is 27.1. The summed E-state index contributed by atoms with van der Waals surface area (Å²) in [5, 5.41) is 0. The molecule has 0 aromatic heterocycles. The molecule has 2 aromatic carbocycles. The zero-order chi connectivity index (χ0) is 24.8. The van der Waals surface area contributed by atoms with Crippen LogP contribution >= 0.6 is 0 Å². The largest absolute Gasteiger partial charge is 0.496 e. The first-order chi connectivity index (χ1) is 15.6. The van der Waals surface area contributed by atoms with Crippen molar-refractivity contribution in [2.75, 3.05) is 28.4 Å². The number of rotatable bonds is 10. The zero-order valence-corrected chi connectivity index (χ0v) is 20.7. The van der Waals surface area contributed by atoms with Crippen LogP contribution in [0.3, 0.4) is 0 Å². The Balaban J connectivity index is 2.56. The van der Waals surface area contributed by atoms with Gasteiger partial charge in [0.25, 0.3) is 0 Å². The Labute approximate surface area is 195 Å². The van der Waals surface area contributed by atoms with Gasteiger partial charge >= 0.3 is 5.97 Å². The van der Waals surface area contributed by atoms with Crippen LogP contribution in [0.4, 0.5) is 0 Å². The highest BCUT2D eigenvalue weighted by atomic mass is 16.6. The molecule has 33 heavy (non-hydrogen) atoms. The first-order valence-electron chi connectivity index (χ1n) is 10.7. The number of esters is 1. The van der Waals surface area contributed by atoms with Gasteiger partial charge in [-0.15, -0.1) is 0 Å². The number of carbonyl (C=O) groups excluding carboxylic acids is 2. The Morgan fingerprint density at radius 1 is 0.758 bits per heavy atom. The second-order valence-electron chi connectivity index (χ2n) is 9.01. The van der Waals surface area contributed by atoms with Crippen LogP contribution in [0.25, 0.3) is 0 Å². The molecular formula is C26H34O7. The summed E-state index contributed by atoms with van der Waals surface area (Å²) < 4.78 is 27.4. The normalized spacial score (nSPS) is 13.0. The van der Waals surface area contributed by atoms with E-state index >= 15 is 0 Å². The summed E-state index contributed by atoms with van der Waals surface area (Å²) >= 11 is 0. The SMILES string of the molecule is COc1cccc(OC)c1C(=O)OC(C(=O)c1c(OC)cccc1OC)C(C)CC(C)(C)C. The first kappa shape index (κ1) is 26.0. The van der Waals surface area contributed by atoms with Crippen LogP contribution in [-0.4, -0.2) is 46.3 Å². The number of ketones is 1. The summed E-state index contributed by atoms with van der Waals surface area (Å²) in [6, 6.07) is 10.1. The van der Waals surface area contributed by atoms with Gasteiger partial charge in [0.05, 0.1) is 28.4 Å². The maximum absolute atomic E-state index is 13.8. The van der Waals surface area contributed by atoms with Gasteiger partial charge in [0.1, 0.15) is 34.1 Å². The summed E-state index contributed by atoms with van der Waals surface area (Å²) in [5.74, 6) is -0.124. The van der Waals surface area contributed by atoms with Crippen molar-refractivity contribution >= 4 is 11.8 Å². The molecule has 2 rings (SSSR count). The van der Waals surface area contributed by atoms with E-state index in [2.05, 4.69) is 20.8 Å². The summed E-state index contributed by atoms with van der Waals surface area (Å²) in [5.41, 5.74) is 0.250. The van der Waals surface area contributed by atoms with Gasteiger partial charge in [0.15, 0.2) is 6.10 Å². The lowest BCUT2D eigenvalue weighted by molar-refractivity contribution is 0.0116. The molecule has 0 radical (unpaired) electrons. The second kappa shape index (κ2) is 11.1. The van der Waals surface area contributed by atoms with Crippen LogP contribution in [0.1, 0.15) is 54.8 Å². The Bertz CT molecular complexity index is 931. The molecule has 2 aromatic rings. The molecule has 180 valence electrons. The molecule has 0 bridgehead atoms. The topological polar surface area (TPSA) is 80.3 Å². The van der Waals surface area contributed by atoms with Gasteiger partial charge < -0.3 is 23.7 Å². The molecule has 0 saturated carbocycles. The zero-order valence-electron chi connectivity index (χ0n) is 20.7. The Morgan fingerprint density at radius 3 is 1.52 bits per heavy atom. The molecule has 0 saturated heterocycles. The van der Waals surface area contributed by atoms with E-state index < -0.39 is 17.9 Å². The van der Waals surface area contributed by atoms with Crippen LogP contribution in [0.2, 0.25) is 0 Å². The maximum atomic E-state index is 13.8. The molecule has 0 fully saturated rings. The molecule has 7 nitrogen and oxygen atoms in total. The van der Waals surface area contributed by atoms with Crippen LogP contribution in [0.5, 0.6) is 23.0 Å². The van der Waals surface area contributed by atoms with Crippen molar-refractivity contribution < 1.29 is 33.3 Å². The maximum Gasteiger partial charge on any atom is 0.346 e. The Hall–Kier alpha value is -3.22. The number of hydrogen-bond acceptors (Lipinski definition) is 7. The fourth-order valence-corrected chi connectivity index (χ4v) is 3.96. The predicted octanol–water partition coefficient (Wildman–Crippen LogP) is 5.20. The van der Waals surface area contributed by atoms with E-state index in [1.807, 2.05) is 6.92 Å². The van der Waals surface area contributed by atoms with Gasteiger partial charge in [0.2, 0.25) is 5.78 Å². The summed E-state index contributed by atoms with van der Waals surface area (Å²) in [6.45, 7) is 8.10. The molecule has 0 heterocycles. The van der Waals surface area contributed by atoms with E-state index in [1.165, 1.54) is 28.4 Å². The van der Waals surface area contributed by atoms with Gasteiger partial charge in [-0.2, -0.15) is 0 Å². The Kier molecular flexibility index (Phi) is 8.74. The van der Waals surface area contributed by atoms with Crippen LogP contribution in [-0.2, 0) is 4.74 Å². The third-order valence-corrected chi connectivity index (χ3v) is 5.25. The van der Waals surface area contributed by atoms with Gasteiger partial charge in [-0.1, -0.05) is 39.8 Å². The quantitative estimate of drug-likeness (QED) is 0.357. The summed E-state index contributed by atoms with van der Waals surface area (Å²) in [6.07, 6.45) is -0.450. The lowest BCUT2D eigenvalue weighted by Crippen LogP contribution is -2.36. The molecule has 0 amide bonds. The van der Waals surface area contributed by atoms with Gasteiger partial charge in [-0.3, -0.25) is 4.79 Å². The minimum Gasteiger partial charge on any atom is -0.496 e. The van der Waals surface area contributed by atoms with E-state index in [0.29, 0.717) is 29.4 Å². The smallest absolute Gasteiger partial charge is 0.346 e. The van der Waals surface area contributed by atoms with Crippen molar-refractivity contribution in [1.29, 1.82) is 0 Å². The van der Waals surface area contributed by atoms with E-state index in [-0.39, 0.29) is 22.5 Å². The molecule has 0 aliphatic carbocycles. The fourth-order valence-electron chi connectivity index (χ4n) is 3.96. The van der Waals surface area contributed by atoms with Crippen LogP contribution < -0.4 is 18.9 Å². The standard InChI is InChI=1S/C26H34O7/c1-16(15-26(2,3)4)24(23(27)21-17(29-5)11-9-12-18(21)30-6)33-25(28)22-19(31-7)13-10-14-20(22)32-8/h9-14,16,24H,15H2,1-8H3. The van der Waals surface area contributed by atoms with Gasteiger partial charge in [0, 0.05) is 5.92 Å². The molecule has 2 atom stereocenters. The second-order valence-corrected chi connectivity index (χ2v) is 9.01. The van der Waals surface area contributed by atoms with E-state index in [0.717, 1.165) is 0 Å². The minimum absolute atomic E-state index is 0.0999. The first-order valence-corrected chi connectivity index (χ1v) is 10.7. The van der Waals surface area contributed by atoms with Gasteiger partial charge in [-0.05, 0) is 36.1 Å².